The zero-order chi connectivity index (χ0) is 9.84. The van der Waals surface area contributed by atoms with Gasteiger partial charge in [-0.1, -0.05) is 13.8 Å². The Morgan fingerprint density at radius 2 is 2.08 bits per heavy atom. The Balaban J connectivity index is 2.73. The number of aromatic nitrogens is 2. The molecule has 1 heterocycles. The smallest absolute Gasteiger partial charge is 0.113 e. The Kier molecular flexibility index (Phi) is 3.33. The zero-order valence-corrected chi connectivity index (χ0v) is 7.88. The van der Waals surface area contributed by atoms with E-state index in [1.165, 1.54) is 6.20 Å². The maximum atomic E-state index is 9.73. The maximum absolute atomic E-state index is 9.73. The van der Waals surface area contributed by atoms with Crippen LogP contribution in [0.4, 0.5) is 0 Å². The highest BCUT2D eigenvalue weighted by atomic mass is 16.3. The number of nitrogens with two attached hydrogens (primary N) is 1. The van der Waals surface area contributed by atoms with Gasteiger partial charge in [-0.3, -0.25) is 9.97 Å². The van der Waals surface area contributed by atoms with E-state index < -0.39 is 6.10 Å². The van der Waals surface area contributed by atoms with E-state index in [-0.39, 0.29) is 12.0 Å². The first-order valence-electron chi connectivity index (χ1n) is 4.32. The first kappa shape index (κ1) is 10.1. The van der Waals surface area contributed by atoms with Gasteiger partial charge in [0, 0.05) is 18.4 Å². The van der Waals surface area contributed by atoms with Crippen LogP contribution >= 0.6 is 0 Å². The summed E-state index contributed by atoms with van der Waals surface area (Å²) in [6.45, 7) is 3.93. The van der Waals surface area contributed by atoms with Crippen LogP contribution in [0.2, 0.25) is 0 Å². The van der Waals surface area contributed by atoms with Crippen molar-refractivity contribution in [3.8, 4) is 0 Å². The molecule has 0 spiro atoms. The molecule has 1 rings (SSSR count). The second-order valence-electron chi connectivity index (χ2n) is 3.40. The lowest BCUT2D eigenvalue weighted by molar-refractivity contribution is 0.121. The third-order valence-corrected chi connectivity index (χ3v) is 2.02. The second kappa shape index (κ2) is 4.30. The van der Waals surface area contributed by atoms with Crippen molar-refractivity contribution in [2.75, 3.05) is 0 Å². The quantitative estimate of drug-likeness (QED) is 0.712. The van der Waals surface area contributed by atoms with E-state index in [4.69, 9.17) is 5.73 Å². The fourth-order valence-electron chi connectivity index (χ4n) is 1.03. The molecule has 0 aliphatic rings. The topological polar surface area (TPSA) is 72.0 Å². The molecule has 0 bridgehead atoms. The highest BCUT2D eigenvalue weighted by Gasteiger charge is 2.20. The van der Waals surface area contributed by atoms with E-state index in [1.54, 1.807) is 12.4 Å². The molecule has 0 aromatic carbocycles. The van der Waals surface area contributed by atoms with Gasteiger partial charge in [-0.25, -0.2) is 0 Å². The predicted molar refractivity (Wildman–Crippen MR) is 49.8 cm³/mol. The molecule has 2 atom stereocenters. The molecule has 2 unspecified atom stereocenters. The standard InChI is InChI=1S/C9H15N3O/c1-6(2)8(10)9(13)7-5-11-3-4-12-7/h3-6,8-9,13H,10H2,1-2H3. The lowest BCUT2D eigenvalue weighted by atomic mass is 9.98. The van der Waals surface area contributed by atoms with Crippen LogP contribution in [0.3, 0.4) is 0 Å². The molecule has 0 radical (unpaired) electrons. The lowest BCUT2D eigenvalue weighted by Gasteiger charge is -2.21. The third-order valence-electron chi connectivity index (χ3n) is 2.02. The zero-order valence-electron chi connectivity index (χ0n) is 7.88. The number of rotatable bonds is 3. The van der Waals surface area contributed by atoms with Crippen molar-refractivity contribution in [3.63, 3.8) is 0 Å². The SMILES string of the molecule is CC(C)C(N)C(O)c1cnccn1. The summed E-state index contributed by atoms with van der Waals surface area (Å²) in [6, 6.07) is -0.295. The Labute approximate surface area is 77.8 Å². The molecular formula is C9H15N3O. The van der Waals surface area contributed by atoms with Gasteiger partial charge in [0.25, 0.3) is 0 Å². The van der Waals surface area contributed by atoms with Crippen LogP contribution in [-0.2, 0) is 0 Å². The molecule has 0 aliphatic carbocycles. The van der Waals surface area contributed by atoms with E-state index in [0.29, 0.717) is 5.69 Å². The summed E-state index contributed by atoms with van der Waals surface area (Å²) in [5.74, 6) is 0.219. The number of hydrogen-bond acceptors (Lipinski definition) is 4. The predicted octanol–water partition coefficient (Wildman–Crippen LogP) is 0.493. The first-order valence-corrected chi connectivity index (χ1v) is 4.32. The third kappa shape index (κ3) is 2.47. The van der Waals surface area contributed by atoms with Crippen LogP contribution in [0.25, 0.3) is 0 Å². The Morgan fingerprint density at radius 3 is 2.54 bits per heavy atom. The van der Waals surface area contributed by atoms with E-state index >= 15 is 0 Å². The van der Waals surface area contributed by atoms with Crippen LogP contribution < -0.4 is 5.73 Å². The Bertz CT molecular complexity index is 250. The van der Waals surface area contributed by atoms with E-state index in [2.05, 4.69) is 9.97 Å². The van der Waals surface area contributed by atoms with Gasteiger partial charge < -0.3 is 10.8 Å². The van der Waals surface area contributed by atoms with Gasteiger partial charge >= 0.3 is 0 Å². The van der Waals surface area contributed by atoms with E-state index in [1.807, 2.05) is 13.8 Å². The van der Waals surface area contributed by atoms with Gasteiger partial charge in [0.05, 0.1) is 11.9 Å². The van der Waals surface area contributed by atoms with Crippen molar-refractivity contribution >= 4 is 0 Å². The van der Waals surface area contributed by atoms with Gasteiger partial charge in [0.2, 0.25) is 0 Å². The first-order chi connectivity index (χ1) is 6.13. The average molecular weight is 181 g/mol. The molecule has 0 saturated heterocycles. The van der Waals surface area contributed by atoms with Gasteiger partial charge in [-0.05, 0) is 5.92 Å². The summed E-state index contributed by atoms with van der Waals surface area (Å²) < 4.78 is 0. The molecule has 72 valence electrons. The van der Waals surface area contributed by atoms with Crippen molar-refractivity contribution in [3.05, 3.63) is 24.3 Å². The largest absolute Gasteiger partial charge is 0.385 e. The summed E-state index contributed by atoms with van der Waals surface area (Å²) in [6.07, 6.45) is 3.92. The second-order valence-corrected chi connectivity index (χ2v) is 3.40. The lowest BCUT2D eigenvalue weighted by Crippen LogP contribution is -2.33. The van der Waals surface area contributed by atoms with Crippen LogP contribution in [0, 0.1) is 5.92 Å². The summed E-state index contributed by atoms with van der Waals surface area (Å²) in [4.78, 5) is 7.86. The minimum absolute atomic E-state index is 0.219. The Hall–Kier alpha value is -1.00. The molecule has 0 amide bonds. The van der Waals surface area contributed by atoms with Crippen LogP contribution in [0.15, 0.2) is 18.6 Å². The molecule has 0 fully saturated rings. The number of nitrogens with zero attached hydrogens (tertiary/aromatic N) is 2. The van der Waals surface area contributed by atoms with Crippen LogP contribution in [0.5, 0.6) is 0 Å². The summed E-state index contributed by atoms with van der Waals surface area (Å²) >= 11 is 0. The van der Waals surface area contributed by atoms with E-state index in [0.717, 1.165) is 0 Å². The summed E-state index contributed by atoms with van der Waals surface area (Å²) in [5, 5.41) is 9.73. The highest BCUT2D eigenvalue weighted by molar-refractivity contribution is 5.02. The molecular weight excluding hydrogens is 166 g/mol. The van der Waals surface area contributed by atoms with Crippen LogP contribution in [-0.4, -0.2) is 21.1 Å². The summed E-state index contributed by atoms with van der Waals surface area (Å²) in [7, 11) is 0. The number of aliphatic hydroxyl groups is 1. The van der Waals surface area contributed by atoms with Gasteiger partial charge in [0.15, 0.2) is 0 Å². The molecule has 1 aromatic heterocycles. The van der Waals surface area contributed by atoms with Gasteiger partial charge in [0.1, 0.15) is 6.10 Å². The van der Waals surface area contributed by atoms with Crippen molar-refractivity contribution in [2.24, 2.45) is 11.7 Å². The molecule has 1 aromatic rings. The number of aliphatic hydroxyl groups excluding tert-OH is 1. The summed E-state index contributed by atoms with van der Waals surface area (Å²) in [5.41, 5.74) is 6.31. The molecule has 4 nitrogen and oxygen atoms in total. The average Bonchev–Trinajstić information content (AvgIpc) is 2.17. The fraction of sp³-hybridized carbons (Fsp3) is 0.556. The van der Waals surface area contributed by atoms with E-state index in [9.17, 15) is 5.11 Å². The monoisotopic (exact) mass is 181 g/mol. The Morgan fingerprint density at radius 1 is 1.38 bits per heavy atom. The molecule has 0 saturated carbocycles. The normalized spacial score (nSPS) is 15.8. The minimum atomic E-state index is -0.728. The van der Waals surface area contributed by atoms with Crippen molar-refractivity contribution < 1.29 is 5.11 Å². The highest BCUT2D eigenvalue weighted by Crippen LogP contribution is 2.16. The minimum Gasteiger partial charge on any atom is -0.385 e. The number of hydrogen-bond donors (Lipinski definition) is 2. The molecule has 13 heavy (non-hydrogen) atoms. The molecule has 0 aliphatic heterocycles. The molecule has 4 heteroatoms. The van der Waals surface area contributed by atoms with Crippen LogP contribution in [0.1, 0.15) is 25.6 Å². The fourth-order valence-corrected chi connectivity index (χ4v) is 1.03. The van der Waals surface area contributed by atoms with Gasteiger partial charge in [-0.2, -0.15) is 0 Å². The van der Waals surface area contributed by atoms with Crippen molar-refractivity contribution in [1.29, 1.82) is 0 Å². The van der Waals surface area contributed by atoms with Crippen molar-refractivity contribution in [2.45, 2.75) is 26.0 Å². The van der Waals surface area contributed by atoms with Crippen molar-refractivity contribution in [1.82, 2.24) is 9.97 Å². The van der Waals surface area contributed by atoms with Gasteiger partial charge in [-0.15, -0.1) is 0 Å². The molecule has 3 N–H and O–H groups in total. The maximum Gasteiger partial charge on any atom is 0.113 e.